The molecule has 1 aromatic rings. The van der Waals surface area contributed by atoms with E-state index in [0.29, 0.717) is 0 Å². The van der Waals surface area contributed by atoms with Gasteiger partial charge in [0.1, 0.15) is 5.82 Å². The van der Waals surface area contributed by atoms with Gasteiger partial charge < -0.3 is 19.9 Å². The fourth-order valence-corrected chi connectivity index (χ4v) is 3.50. The number of aliphatic imine (C=N–C) groups is 1. The summed E-state index contributed by atoms with van der Waals surface area (Å²) >= 11 is 1.51. The van der Waals surface area contributed by atoms with Gasteiger partial charge in [-0.3, -0.25) is 4.99 Å². The molecular formula is C17H32N6OS. The summed E-state index contributed by atoms with van der Waals surface area (Å²) in [6.07, 6.45) is 3.04. The van der Waals surface area contributed by atoms with E-state index in [1.165, 1.54) is 11.5 Å². The molecule has 1 aliphatic heterocycles. The van der Waals surface area contributed by atoms with Crippen LogP contribution in [0.1, 0.15) is 39.4 Å². The van der Waals surface area contributed by atoms with Crippen LogP contribution in [-0.2, 0) is 11.2 Å². The lowest BCUT2D eigenvalue weighted by Crippen LogP contribution is -2.52. The van der Waals surface area contributed by atoms with E-state index in [9.17, 15) is 0 Å². The molecule has 1 aromatic heterocycles. The third-order valence-corrected chi connectivity index (χ3v) is 4.94. The largest absolute Gasteiger partial charge is 0.382 e. The molecule has 7 nitrogen and oxygen atoms in total. The van der Waals surface area contributed by atoms with Crippen molar-refractivity contribution in [3.63, 3.8) is 0 Å². The Labute approximate surface area is 155 Å². The Bertz CT molecular complexity index is 513. The van der Waals surface area contributed by atoms with Gasteiger partial charge in [0.15, 0.2) is 5.96 Å². The van der Waals surface area contributed by atoms with E-state index in [0.717, 1.165) is 88.7 Å². The summed E-state index contributed by atoms with van der Waals surface area (Å²) in [5.74, 6) is 1.98. The molecule has 0 unspecified atom stereocenters. The van der Waals surface area contributed by atoms with Gasteiger partial charge in [-0.05, 0) is 26.7 Å². The summed E-state index contributed by atoms with van der Waals surface area (Å²) in [4.78, 5) is 14.1. The van der Waals surface area contributed by atoms with Crippen molar-refractivity contribution in [2.75, 3.05) is 57.4 Å². The van der Waals surface area contributed by atoms with Crippen LogP contribution < -0.4 is 10.2 Å². The molecule has 1 aliphatic rings. The van der Waals surface area contributed by atoms with Crippen LogP contribution >= 0.6 is 11.5 Å². The number of anilines is 1. The second-order valence-electron chi connectivity index (χ2n) is 5.96. The van der Waals surface area contributed by atoms with E-state index in [1.807, 2.05) is 6.92 Å². The van der Waals surface area contributed by atoms with Crippen LogP contribution in [0, 0.1) is 0 Å². The van der Waals surface area contributed by atoms with Crippen molar-refractivity contribution in [1.29, 1.82) is 0 Å². The van der Waals surface area contributed by atoms with Gasteiger partial charge >= 0.3 is 0 Å². The Hall–Kier alpha value is -1.41. The smallest absolute Gasteiger partial charge is 0.205 e. The van der Waals surface area contributed by atoms with Crippen LogP contribution in [0.15, 0.2) is 4.99 Å². The lowest BCUT2D eigenvalue weighted by Gasteiger charge is -2.36. The maximum absolute atomic E-state index is 5.38. The van der Waals surface area contributed by atoms with Crippen LogP contribution in [0.25, 0.3) is 0 Å². The van der Waals surface area contributed by atoms with Gasteiger partial charge in [0.05, 0.1) is 0 Å². The zero-order valence-corrected chi connectivity index (χ0v) is 16.6. The molecule has 25 heavy (non-hydrogen) atoms. The second kappa shape index (κ2) is 11.3. The molecule has 2 rings (SSSR count). The summed E-state index contributed by atoms with van der Waals surface area (Å²) in [6.45, 7) is 13.5. The number of guanidine groups is 1. The van der Waals surface area contributed by atoms with Gasteiger partial charge in [-0.1, -0.05) is 6.92 Å². The fraction of sp³-hybridized carbons (Fsp3) is 0.824. The minimum atomic E-state index is 0.796. The highest BCUT2D eigenvalue weighted by Gasteiger charge is 2.21. The number of nitrogens with zero attached hydrogens (tertiary/aromatic N) is 5. The molecule has 1 N–H and O–H groups in total. The molecule has 8 heteroatoms. The SMILES string of the molecule is CCNC(=NCCCCOCC)N1CCN(c2nc(CC)ns2)CC1. The number of hydrogen-bond donors (Lipinski definition) is 1. The molecular weight excluding hydrogens is 336 g/mol. The molecule has 0 atom stereocenters. The van der Waals surface area contributed by atoms with Crippen LogP contribution in [0.5, 0.6) is 0 Å². The average molecular weight is 369 g/mol. The van der Waals surface area contributed by atoms with Gasteiger partial charge in [0.2, 0.25) is 5.13 Å². The van der Waals surface area contributed by atoms with E-state index < -0.39 is 0 Å². The Kier molecular flexibility index (Phi) is 8.96. The minimum Gasteiger partial charge on any atom is -0.382 e. The summed E-state index contributed by atoms with van der Waals surface area (Å²) in [7, 11) is 0. The zero-order valence-electron chi connectivity index (χ0n) is 15.8. The van der Waals surface area contributed by atoms with E-state index in [4.69, 9.17) is 9.73 Å². The number of unbranched alkanes of at least 4 members (excludes halogenated alkanes) is 1. The maximum atomic E-state index is 5.38. The van der Waals surface area contributed by atoms with Crippen molar-refractivity contribution in [3.05, 3.63) is 5.82 Å². The first-order valence-corrected chi connectivity index (χ1v) is 10.2. The first kappa shape index (κ1) is 19.9. The Balaban J connectivity index is 1.80. The Morgan fingerprint density at radius 1 is 1.20 bits per heavy atom. The van der Waals surface area contributed by atoms with E-state index in [1.54, 1.807) is 0 Å². The van der Waals surface area contributed by atoms with Gasteiger partial charge in [-0.15, -0.1) is 0 Å². The molecule has 0 bridgehead atoms. The summed E-state index contributed by atoms with van der Waals surface area (Å²) in [6, 6.07) is 0. The lowest BCUT2D eigenvalue weighted by molar-refractivity contribution is 0.144. The third kappa shape index (κ3) is 6.43. The predicted molar refractivity (Wildman–Crippen MR) is 105 cm³/mol. The van der Waals surface area contributed by atoms with Gasteiger partial charge in [-0.25, -0.2) is 4.98 Å². The molecule has 0 aliphatic carbocycles. The molecule has 1 fully saturated rings. The maximum Gasteiger partial charge on any atom is 0.205 e. The van der Waals surface area contributed by atoms with Crippen molar-refractivity contribution < 1.29 is 4.74 Å². The van der Waals surface area contributed by atoms with Crippen LogP contribution in [0.4, 0.5) is 5.13 Å². The molecule has 0 saturated carbocycles. The normalized spacial score (nSPS) is 15.7. The van der Waals surface area contributed by atoms with E-state index >= 15 is 0 Å². The number of rotatable bonds is 9. The Morgan fingerprint density at radius 3 is 2.64 bits per heavy atom. The first-order chi connectivity index (χ1) is 12.3. The van der Waals surface area contributed by atoms with Crippen molar-refractivity contribution >= 4 is 22.6 Å². The van der Waals surface area contributed by atoms with E-state index in [-0.39, 0.29) is 0 Å². The van der Waals surface area contributed by atoms with Crippen molar-refractivity contribution in [2.24, 2.45) is 4.99 Å². The topological polar surface area (TPSA) is 65.9 Å². The monoisotopic (exact) mass is 368 g/mol. The number of nitrogens with one attached hydrogen (secondary N) is 1. The molecule has 1 saturated heterocycles. The number of hydrogen-bond acceptors (Lipinski definition) is 6. The van der Waals surface area contributed by atoms with E-state index in [2.05, 4.69) is 38.3 Å². The number of piperazine rings is 1. The zero-order chi connectivity index (χ0) is 17.9. The fourth-order valence-electron chi connectivity index (χ4n) is 2.70. The highest BCUT2D eigenvalue weighted by Crippen LogP contribution is 2.19. The third-order valence-electron chi connectivity index (χ3n) is 4.12. The highest BCUT2D eigenvalue weighted by molar-refractivity contribution is 7.09. The van der Waals surface area contributed by atoms with Gasteiger partial charge in [0.25, 0.3) is 0 Å². The van der Waals surface area contributed by atoms with Crippen LogP contribution in [0.2, 0.25) is 0 Å². The number of ether oxygens (including phenoxy) is 1. The van der Waals surface area contributed by atoms with Crippen molar-refractivity contribution in [1.82, 2.24) is 19.6 Å². The quantitative estimate of drug-likeness (QED) is 0.409. The average Bonchev–Trinajstić information content (AvgIpc) is 3.13. The van der Waals surface area contributed by atoms with Crippen LogP contribution in [-0.4, -0.2) is 72.7 Å². The molecule has 2 heterocycles. The van der Waals surface area contributed by atoms with Crippen molar-refractivity contribution in [2.45, 2.75) is 40.0 Å². The lowest BCUT2D eigenvalue weighted by atomic mass is 10.3. The second-order valence-corrected chi connectivity index (χ2v) is 6.69. The molecule has 0 amide bonds. The Morgan fingerprint density at radius 2 is 2.00 bits per heavy atom. The molecule has 142 valence electrons. The molecule has 0 aromatic carbocycles. The highest BCUT2D eigenvalue weighted by atomic mass is 32.1. The number of aryl methyl sites for hydroxylation is 1. The molecule has 0 radical (unpaired) electrons. The summed E-state index contributed by atoms with van der Waals surface area (Å²) in [5, 5.41) is 4.47. The minimum absolute atomic E-state index is 0.796. The van der Waals surface area contributed by atoms with Crippen molar-refractivity contribution in [3.8, 4) is 0 Å². The standard InChI is InChI=1S/C17H32N6OS/c1-4-15-20-17(25-21-15)23-12-10-22(11-13-23)16(18-5-2)19-9-7-8-14-24-6-3/h4-14H2,1-3H3,(H,18,19). The summed E-state index contributed by atoms with van der Waals surface area (Å²) < 4.78 is 9.77. The predicted octanol–water partition coefficient (Wildman–Crippen LogP) is 2.00. The molecule has 0 spiro atoms. The number of aromatic nitrogens is 2. The van der Waals surface area contributed by atoms with Gasteiger partial charge in [0, 0.05) is 70.4 Å². The first-order valence-electron chi connectivity index (χ1n) is 9.47. The summed E-state index contributed by atoms with van der Waals surface area (Å²) in [5.41, 5.74) is 0. The van der Waals surface area contributed by atoms with Crippen LogP contribution in [0.3, 0.4) is 0 Å². The van der Waals surface area contributed by atoms with Gasteiger partial charge in [-0.2, -0.15) is 4.37 Å².